The summed E-state index contributed by atoms with van der Waals surface area (Å²) in [6.07, 6.45) is -8.02. The van der Waals surface area contributed by atoms with E-state index in [0.717, 1.165) is 29.4 Å². The molecule has 0 bridgehead atoms. The van der Waals surface area contributed by atoms with E-state index in [9.17, 15) is 92.2 Å². The van der Waals surface area contributed by atoms with E-state index in [0.29, 0.717) is 0 Å². The first-order valence-corrected chi connectivity index (χ1v) is 9.90. The first-order valence-electron chi connectivity index (χ1n) is 9.90. The van der Waals surface area contributed by atoms with Gasteiger partial charge in [0.05, 0.1) is 5.69 Å². The minimum Gasteiger partial charge on any atom is -0.276 e. The molecule has 2 nitrogen and oxygen atoms in total. The van der Waals surface area contributed by atoms with Crippen molar-refractivity contribution in [3.05, 3.63) is 42.1 Å². The summed E-state index contributed by atoms with van der Waals surface area (Å²) in [6.45, 7) is 0. The topological polar surface area (TPSA) is 28.7 Å². The predicted octanol–water partition coefficient (Wildman–Crippen LogP) is 8.81. The predicted molar refractivity (Wildman–Crippen MR) is 93.5 cm³/mol. The van der Waals surface area contributed by atoms with Gasteiger partial charge >= 0.3 is 59.5 Å². The summed E-state index contributed by atoms with van der Waals surface area (Å²) in [4.78, 5) is 0. The molecule has 0 aliphatic heterocycles. The molecule has 0 saturated carbocycles. The van der Waals surface area contributed by atoms with Gasteiger partial charge in [0, 0.05) is 5.56 Å². The summed E-state index contributed by atoms with van der Waals surface area (Å²) in [5.74, 6) is -77.5. The summed E-state index contributed by atoms with van der Waals surface area (Å²) < 4.78 is 283. The second-order valence-corrected chi connectivity index (χ2v) is 8.20. The van der Waals surface area contributed by atoms with Crippen LogP contribution in [0.25, 0.3) is 11.3 Å². The average molecular weight is 662 g/mol. The highest BCUT2D eigenvalue weighted by Crippen LogP contribution is 2.66. The molecule has 0 aliphatic rings. The maximum atomic E-state index is 14.3. The van der Waals surface area contributed by atoms with Crippen LogP contribution in [0.15, 0.2) is 36.4 Å². The molecule has 0 radical (unpaired) electrons. The third kappa shape index (κ3) is 4.34. The van der Waals surface area contributed by atoms with Crippen molar-refractivity contribution in [1.82, 2.24) is 10.2 Å². The maximum absolute atomic E-state index is 14.3. The van der Waals surface area contributed by atoms with Gasteiger partial charge in [0.25, 0.3) is 0 Å². The van der Waals surface area contributed by atoms with Crippen LogP contribution in [0.1, 0.15) is 5.69 Å². The number of aromatic amines is 1. The van der Waals surface area contributed by atoms with Crippen molar-refractivity contribution in [2.75, 3.05) is 0 Å². The van der Waals surface area contributed by atoms with Crippen LogP contribution in [0, 0.1) is 0 Å². The fourth-order valence-corrected chi connectivity index (χ4v) is 2.97. The van der Waals surface area contributed by atoms with Gasteiger partial charge in [-0.1, -0.05) is 30.3 Å². The number of H-pyrrole nitrogens is 1. The second kappa shape index (κ2) is 9.48. The van der Waals surface area contributed by atoms with E-state index in [4.69, 9.17) is 0 Å². The van der Waals surface area contributed by atoms with Crippen molar-refractivity contribution in [3.8, 4) is 11.3 Å². The molecule has 1 aromatic heterocycles. The molecule has 1 aromatic carbocycles. The molecule has 0 fully saturated rings. The molecule has 23 heteroatoms. The summed E-state index contributed by atoms with van der Waals surface area (Å²) in [6, 6.07) is 5.30. The smallest absolute Gasteiger partial charge is 0.276 e. The van der Waals surface area contributed by atoms with Crippen LogP contribution in [0.2, 0.25) is 0 Å². The van der Waals surface area contributed by atoms with Gasteiger partial charge in [0.1, 0.15) is 5.69 Å². The molecule has 0 amide bonds. The van der Waals surface area contributed by atoms with Gasteiger partial charge in [0.15, 0.2) is 0 Å². The lowest BCUT2D eigenvalue weighted by Crippen LogP contribution is -2.76. The van der Waals surface area contributed by atoms with E-state index in [-0.39, 0.29) is 11.6 Å². The lowest BCUT2D eigenvalue weighted by atomic mass is 9.86. The highest BCUT2D eigenvalue weighted by molar-refractivity contribution is 5.59. The van der Waals surface area contributed by atoms with E-state index < -0.39 is 70.9 Å². The quantitative estimate of drug-likeness (QED) is 0.253. The number of alkyl halides is 21. The molecule has 1 N–H and O–H groups in total. The van der Waals surface area contributed by atoms with Crippen molar-refractivity contribution < 1.29 is 92.2 Å². The van der Waals surface area contributed by atoms with Gasteiger partial charge in [-0.15, -0.1) is 0 Å². The Labute approximate surface area is 216 Å². The van der Waals surface area contributed by atoms with Crippen molar-refractivity contribution in [2.24, 2.45) is 0 Å². The van der Waals surface area contributed by atoms with Gasteiger partial charge in [-0.05, 0) is 6.07 Å². The number of aromatic nitrogens is 2. The molecule has 1 heterocycles. The van der Waals surface area contributed by atoms with Crippen LogP contribution < -0.4 is 0 Å². The van der Waals surface area contributed by atoms with Crippen molar-refractivity contribution >= 4 is 0 Å². The number of hydrogen-bond donors (Lipinski definition) is 1. The highest BCUT2D eigenvalue weighted by Gasteiger charge is 2.98. The third-order valence-corrected chi connectivity index (χ3v) is 5.50. The van der Waals surface area contributed by atoms with Gasteiger partial charge in [0.2, 0.25) is 0 Å². The van der Waals surface area contributed by atoms with E-state index in [1.54, 1.807) is 0 Å². The molecule has 0 atom stereocenters. The van der Waals surface area contributed by atoms with Crippen LogP contribution >= 0.6 is 0 Å². The van der Waals surface area contributed by atoms with Crippen LogP contribution in [0.5, 0.6) is 0 Å². The Bertz CT molecular complexity index is 1260. The Morgan fingerprint density at radius 2 is 0.762 bits per heavy atom. The Morgan fingerprint density at radius 1 is 0.429 bits per heavy atom. The minimum atomic E-state index is -9.20. The van der Waals surface area contributed by atoms with Crippen molar-refractivity contribution in [2.45, 2.75) is 59.5 Å². The Balaban J connectivity index is 2.66. The molecule has 2 aromatic rings. The molecular weight excluding hydrogens is 655 g/mol. The van der Waals surface area contributed by atoms with Crippen LogP contribution in [-0.2, 0) is 5.92 Å². The molecule has 42 heavy (non-hydrogen) atoms. The van der Waals surface area contributed by atoms with Gasteiger partial charge in [-0.3, -0.25) is 5.10 Å². The second-order valence-electron chi connectivity index (χ2n) is 8.20. The number of hydrogen-bond acceptors (Lipinski definition) is 1. The normalized spacial score (nSPS) is 15.7. The number of halogens is 21. The summed E-state index contributed by atoms with van der Waals surface area (Å²) in [5.41, 5.74) is -3.75. The molecule has 0 aliphatic carbocycles. The zero-order valence-electron chi connectivity index (χ0n) is 18.8. The van der Waals surface area contributed by atoms with Crippen molar-refractivity contribution in [1.29, 1.82) is 0 Å². The Hall–Kier alpha value is -3.04. The first kappa shape index (κ1) is 35.2. The van der Waals surface area contributed by atoms with Crippen LogP contribution in [0.4, 0.5) is 92.2 Å². The third-order valence-electron chi connectivity index (χ3n) is 5.50. The molecule has 2 rings (SSSR count). The van der Waals surface area contributed by atoms with E-state index >= 15 is 0 Å². The fourth-order valence-electron chi connectivity index (χ4n) is 2.97. The molecule has 0 spiro atoms. The van der Waals surface area contributed by atoms with E-state index in [1.165, 1.54) is 6.07 Å². The monoisotopic (exact) mass is 662 g/mol. The van der Waals surface area contributed by atoms with E-state index in [1.807, 2.05) is 0 Å². The van der Waals surface area contributed by atoms with Crippen LogP contribution in [-0.4, -0.2) is 63.8 Å². The zero-order chi connectivity index (χ0) is 33.4. The highest BCUT2D eigenvalue weighted by atomic mass is 19.4. The average Bonchev–Trinajstić information content (AvgIpc) is 3.34. The molecule has 0 unspecified atom stereocenters. The Morgan fingerprint density at radius 3 is 1.12 bits per heavy atom. The van der Waals surface area contributed by atoms with E-state index in [2.05, 4.69) is 5.10 Å². The first-order chi connectivity index (χ1) is 18.3. The standard InChI is InChI=1S/C19H7F21N2/c20-10(21,9-6-8(41-42-9)7-4-2-1-3-5-7)11(22,23)12(24,25)13(26,27)14(28,29)15(30,31)16(32,33)17(34,35)18(36,37)19(38,39)40/h1-6H,(H,41,42). The molecular formula is C19H7F21N2. The van der Waals surface area contributed by atoms with Crippen molar-refractivity contribution in [3.63, 3.8) is 0 Å². The zero-order valence-corrected chi connectivity index (χ0v) is 18.8. The Kier molecular flexibility index (Phi) is 7.94. The van der Waals surface area contributed by atoms with Gasteiger partial charge < -0.3 is 0 Å². The summed E-state index contributed by atoms with van der Waals surface area (Å²) in [5, 5.41) is 3.83. The largest absolute Gasteiger partial charge is 0.460 e. The minimum absolute atomic E-state index is 0.277. The number of benzene rings is 1. The van der Waals surface area contributed by atoms with Gasteiger partial charge in [-0.25, -0.2) is 0 Å². The van der Waals surface area contributed by atoms with Crippen LogP contribution in [0.3, 0.4) is 0 Å². The molecule has 0 saturated heterocycles. The SMILES string of the molecule is FC(F)(F)C(F)(F)C(F)(F)C(F)(F)C(F)(F)C(F)(F)C(F)(F)C(F)(F)C(F)(F)C(F)(F)c1cc(-c2ccccc2)n[nH]1. The number of rotatable bonds is 10. The summed E-state index contributed by atoms with van der Waals surface area (Å²) in [7, 11) is 0. The molecule has 240 valence electrons. The lowest BCUT2D eigenvalue weighted by Gasteiger charge is -2.44. The lowest BCUT2D eigenvalue weighted by molar-refractivity contribution is -0.475. The number of nitrogens with zero attached hydrogens (tertiary/aromatic N) is 1. The maximum Gasteiger partial charge on any atom is 0.460 e. The van der Waals surface area contributed by atoms with Gasteiger partial charge in [-0.2, -0.15) is 97.3 Å². The summed E-state index contributed by atoms with van der Waals surface area (Å²) >= 11 is 0. The number of nitrogens with one attached hydrogen (secondary N) is 1. The fraction of sp³-hybridized carbons (Fsp3) is 0.526.